The quantitative estimate of drug-likeness (QED) is 0.105. The summed E-state index contributed by atoms with van der Waals surface area (Å²) in [6.07, 6.45) is 17.5. The van der Waals surface area contributed by atoms with Crippen LogP contribution in [-0.4, -0.2) is 37.7 Å². The van der Waals surface area contributed by atoms with E-state index in [1.165, 1.54) is 19.3 Å². The Labute approximate surface area is 218 Å². The van der Waals surface area contributed by atoms with Crippen LogP contribution in [0.15, 0.2) is 24.3 Å². The lowest BCUT2D eigenvalue weighted by atomic mass is 9.86. The average molecular weight is 509 g/mol. The molecular formula is C30H56O4Si. The number of esters is 1. The van der Waals surface area contributed by atoms with E-state index in [1.807, 2.05) is 13.8 Å². The highest BCUT2D eigenvalue weighted by Crippen LogP contribution is 2.41. The molecule has 1 N–H and O–H groups in total. The third kappa shape index (κ3) is 11.8. The van der Waals surface area contributed by atoms with Gasteiger partial charge in [0, 0.05) is 6.42 Å². The molecule has 0 heterocycles. The van der Waals surface area contributed by atoms with Crippen molar-refractivity contribution in [1.82, 2.24) is 0 Å². The molecule has 1 aliphatic carbocycles. The summed E-state index contributed by atoms with van der Waals surface area (Å²) in [5.74, 6) is 0.960. The minimum atomic E-state index is -1.85. The molecule has 0 aromatic carbocycles. The third-order valence-electron chi connectivity index (χ3n) is 7.85. The summed E-state index contributed by atoms with van der Waals surface area (Å²) in [4.78, 5) is 11.7. The fourth-order valence-electron chi connectivity index (χ4n) is 4.69. The van der Waals surface area contributed by atoms with Crippen molar-refractivity contribution in [1.29, 1.82) is 0 Å². The SMILES string of the molecule is CCCCC[C@@H](/C=C/[C@@H]1[C@@H](C/C=C\CCCC(=O)OC(C)C)[C@@H](O)C[C@H]1C)O[Si](C)(C)C(C)(C)C. The van der Waals surface area contributed by atoms with E-state index in [0.29, 0.717) is 18.3 Å². The van der Waals surface area contributed by atoms with Gasteiger partial charge in [-0.2, -0.15) is 0 Å². The Morgan fingerprint density at radius 2 is 1.83 bits per heavy atom. The normalized spacial score (nSPS) is 24.7. The lowest BCUT2D eigenvalue weighted by Crippen LogP contribution is -2.43. The molecule has 5 atom stereocenters. The van der Waals surface area contributed by atoms with Crippen molar-refractivity contribution in [3.05, 3.63) is 24.3 Å². The van der Waals surface area contributed by atoms with Crippen molar-refractivity contribution >= 4 is 14.3 Å². The molecule has 0 saturated heterocycles. The van der Waals surface area contributed by atoms with Gasteiger partial charge in [0.25, 0.3) is 0 Å². The van der Waals surface area contributed by atoms with Crippen molar-refractivity contribution in [2.75, 3.05) is 0 Å². The Kier molecular flexibility index (Phi) is 14.1. The summed E-state index contributed by atoms with van der Waals surface area (Å²) < 4.78 is 12.0. The fraction of sp³-hybridized carbons (Fsp3) is 0.833. The number of unbranched alkanes of at least 4 members (excludes halogenated alkanes) is 3. The molecule has 0 aromatic heterocycles. The summed E-state index contributed by atoms with van der Waals surface area (Å²) in [5.41, 5.74) is 0. The van der Waals surface area contributed by atoms with Crippen LogP contribution in [0.2, 0.25) is 18.1 Å². The van der Waals surface area contributed by atoms with Crippen LogP contribution in [0.5, 0.6) is 0 Å². The number of carbonyl (C=O) groups is 1. The zero-order valence-corrected chi connectivity index (χ0v) is 25.3. The van der Waals surface area contributed by atoms with Gasteiger partial charge in [-0.25, -0.2) is 0 Å². The highest BCUT2D eigenvalue weighted by molar-refractivity contribution is 6.74. The molecule has 204 valence electrons. The number of ether oxygens (including phenoxy) is 1. The van der Waals surface area contributed by atoms with Crippen molar-refractivity contribution < 1.29 is 19.1 Å². The van der Waals surface area contributed by atoms with Crippen LogP contribution < -0.4 is 0 Å². The summed E-state index contributed by atoms with van der Waals surface area (Å²) in [5, 5.41) is 11.0. The number of carbonyl (C=O) groups excluding carboxylic acids is 1. The molecule has 0 unspecified atom stereocenters. The van der Waals surface area contributed by atoms with Crippen molar-refractivity contribution in [2.24, 2.45) is 17.8 Å². The van der Waals surface area contributed by atoms with Crippen molar-refractivity contribution in [3.8, 4) is 0 Å². The van der Waals surface area contributed by atoms with Crippen molar-refractivity contribution in [3.63, 3.8) is 0 Å². The van der Waals surface area contributed by atoms with Gasteiger partial charge in [-0.05, 0) is 81.8 Å². The number of aliphatic hydroxyl groups excluding tert-OH is 1. The minimum absolute atomic E-state index is 0.0487. The Hall–Kier alpha value is -0.913. The van der Waals surface area contributed by atoms with Crippen LogP contribution in [0.3, 0.4) is 0 Å². The second-order valence-corrected chi connectivity index (χ2v) is 17.2. The first-order chi connectivity index (χ1) is 16.3. The van der Waals surface area contributed by atoms with Gasteiger partial charge in [0.1, 0.15) is 0 Å². The van der Waals surface area contributed by atoms with Gasteiger partial charge in [0.2, 0.25) is 0 Å². The summed E-state index contributed by atoms with van der Waals surface area (Å²) in [7, 11) is -1.85. The van der Waals surface area contributed by atoms with Gasteiger partial charge in [-0.3, -0.25) is 4.79 Å². The number of hydrogen-bond acceptors (Lipinski definition) is 4. The molecule has 35 heavy (non-hydrogen) atoms. The van der Waals surface area contributed by atoms with E-state index in [4.69, 9.17) is 9.16 Å². The average Bonchev–Trinajstić information content (AvgIpc) is 2.99. The standard InChI is InChI=1S/C30H56O4Si/c1-10-11-14-17-25(34-35(8,9)30(5,6)7)20-21-26-24(4)22-28(31)27(26)18-15-12-13-16-19-29(32)33-23(2)3/h12,15,20-21,23-28,31H,10-11,13-14,16-19,22H2,1-9H3/b15-12-,21-20+/t24-,25+,26+,27-,28+/m1/s1. The summed E-state index contributed by atoms with van der Waals surface area (Å²) in [6, 6.07) is 0. The molecule has 0 aliphatic heterocycles. The Bertz CT molecular complexity index is 662. The predicted molar refractivity (Wildman–Crippen MR) is 151 cm³/mol. The topological polar surface area (TPSA) is 55.8 Å². The lowest BCUT2D eigenvalue weighted by molar-refractivity contribution is -0.147. The summed E-state index contributed by atoms with van der Waals surface area (Å²) >= 11 is 0. The molecule has 1 saturated carbocycles. The number of allylic oxidation sites excluding steroid dienone is 3. The minimum Gasteiger partial charge on any atom is -0.463 e. The molecule has 1 aliphatic rings. The first kappa shape index (κ1) is 32.1. The van der Waals surface area contributed by atoms with Crippen LogP contribution in [0.25, 0.3) is 0 Å². The predicted octanol–water partition coefficient (Wildman–Crippen LogP) is 8.21. The molecular weight excluding hydrogens is 452 g/mol. The van der Waals surface area contributed by atoms with Crippen LogP contribution in [0, 0.1) is 17.8 Å². The largest absolute Gasteiger partial charge is 0.463 e. The second kappa shape index (κ2) is 15.4. The smallest absolute Gasteiger partial charge is 0.306 e. The molecule has 1 fully saturated rings. The van der Waals surface area contributed by atoms with E-state index in [2.05, 4.69) is 72.0 Å². The number of rotatable bonds is 15. The van der Waals surface area contributed by atoms with Gasteiger partial charge >= 0.3 is 5.97 Å². The first-order valence-electron chi connectivity index (χ1n) is 14.2. The molecule has 5 heteroatoms. The van der Waals surface area contributed by atoms with Gasteiger partial charge in [-0.1, -0.05) is 78.2 Å². The van der Waals surface area contributed by atoms with Gasteiger partial charge < -0.3 is 14.3 Å². The van der Waals surface area contributed by atoms with E-state index in [9.17, 15) is 9.90 Å². The van der Waals surface area contributed by atoms with Gasteiger partial charge in [0.05, 0.1) is 18.3 Å². The molecule has 0 amide bonds. The van der Waals surface area contributed by atoms with E-state index >= 15 is 0 Å². The Morgan fingerprint density at radius 1 is 1.14 bits per heavy atom. The van der Waals surface area contributed by atoms with E-state index in [-0.39, 0.29) is 35.2 Å². The first-order valence-corrected chi connectivity index (χ1v) is 17.1. The summed E-state index contributed by atoms with van der Waals surface area (Å²) in [6.45, 7) is 19.9. The maximum absolute atomic E-state index is 11.7. The number of hydrogen-bond donors (Lipinski definition) is 1. The van der Waals surface area contributed by atoms with E-state index in [1.54, 1.807) is 0 Å². The van der Waals surface area contributed by atoms with Crippen LogP contribution in [0.4, 0.5) is 0 Å². The van der Waals surface area contributed by atoms with E-state index in [0.717, 1.165) is 32.1 Å². The monoisotopic (exact) mass is 508 g/mol. The molecule has 4 nitrogen and oxygen atoms in total. The Morgan fingerprint density at radius 3 is 2.43 bits per heavy atom. The molecule has 1 rings (SSSR count). The maximum Gasteiger partial charge on any atom is 0.306 e. The molecule has 0 aromatic rings. The van der Waals surface area contributed by atoms with Crippen LogP contribution in [0.1, 0.15) is 106 Å². The fourth-order valence-corrected chi connectivity index (χ4v) is 6.00. The highest BCUT2D eigenvalue weighted by Gasteiger charge is 2.40. The van der Waals surface area contributed by atoms with Gasteiger partial charge in [0.15, 0.2) is 8.32 Å². The number of aliphatic hydroxyl groups is 1. The van der Waals surface area contributed by atoms with Gasteiger partial charge in [-0.15, -0.1) is 0 Å². The van der Waals surface area contributed by atoms with Crippen LogP contribution >= 0.6 is 0 Å². The van der Waals surface area contributed by atoms with Crippen molar-refractivity contribution in [2.45, 2.75) is 143 Å². The Balaban J connectivity index is 2.75. The second-order valence-electron chi connectivity index (χ2n) is 12.5. The highest BCUT2D eigenvalue weighted by atomic mass is 28.4. The van der Waals surface area contributed by atoms with E-state index < -0.39 is 8.32 Å². The molecule has 0 radical (unpaired) electrons. The molecule has 0 spiro atoms. The zero-order valence-electron chi connectivity index (χ0n) is 24.3. The maximum atomic E-state index is 11.7. The zero-order chi connectivity index (χ0) is 26.6. The third-order valence-corrected chi connectivity index (χ3v) is 12.3. The van der Waals surface area contributed by atoms with Crippen LogP contribution in [-0.2, 0) is 14.0 Å². The lowest BCUT2D eigenvalue weighted by Gasteiger charge is -2.39. The molecule has 0 bridgehead atoms.